The minimum Gasteiger partial charge on any atom is -0.335 e. The van der Waals surface area contributed by atoms with Crippen LogP contribution in [0.3, 0.4) is 0 Å². The lowest BCUT2D eigenvalue weighted by atomic mass is 10.1. The van der Waals surface area contributed by atoms with Gasteiger partial charge in [-0.1, -0.05) is 41.4 Å². The Morgan fingerprint density at radius 3 is 2.52 bits per heavy atom. The van der Waals surface area contributed by atoms with Gasteiger partial charge in [-0.15, -0.1) is 0 Å². The smallest absolute Gasteiger partial charge is 0.283 e. The van der Waals surface area contributed by atoms with Crippen LogP contribution in [-0.2, 0) is 0 Å². The second-order valence-corrected chi connectivity index (χ2v) is 5.81. The maximum Gasteiger partial charge on any atom is 0.283 e. The molecule has 0 heterocycles. The summed E-state index contributed by atoms with van der Waals surface area (Å²) in [6.45, 7) is 4.50. The lowest BCUT2D eigenvalue weighted by Gasteiger charge is -2.30. The second-order valence-electron chi connectivity index (χ2n) is 4.58. The molecule has 1 amide bonds. The lowest BCUT2D eigenvalue weighted by Crippen LogP contribution is -2.41. The molecule has 1 aromatic carbocycles. The van der Waals surface area contributed by atoms with Crippen LogP contribution in [0.1, 0.15) is 37.0 Å². The van der Waals surface area contributed by atoms with Gasteiger partial charge in [-0.2, -0.15) is 0 Å². The number of hydrogen-bond acceptors (Lipinski definition) is 3. The molecular formula is C14H18BrClN2O3. The van der Waals surface area contributed by atoms with Gasteiger partial charge in [0.2, 0.25) is 0 Å². The molecule has 0 saturated heterocycles. The first kappa shape index (κ1) is 17.9. The van der Waals surface area contributed by atoms with Crippen molar-refractivity contribution < 1.29 is 9.72 Å². The molecule has 1 aromatic rings. The zero-order valence-corrected chi connectivity index (χ0v) is 14.4. The van der Waals surface area contributed by atoms with E-state index in [2.05, 4.69) is 15.9 Å². The maximum atomic E-state index is 12.7. The number of carbonyl (C=O) groups is 1. The number of nitro groups is 1. The summed E-state index contributed by atoms with van der Waals surface area (Å²) in [6.07, 6.45) is 1.60. The summed E-state index contributed by atoms with van der Waals surface area (Å²) in [7, 11) is 0. The topological polar surface area (TPSA) is 63.5 Å². The third kappa shape index (κ3) is 4.41. The predicted octanol–water partition coefficient (Wildman–Crippen LogP) is 4.27. The van der Waals surface area contributed by atoms with E-state index in [0.717, 1.165) is 12.8 Å². The summed E-state index contributed by atoms with van der Waals surface area (Å²) in [4.78, 5) is 24.9. The maximum absolute atomic E-state index is 12.7. The Morgan fingerprint density at radius 1 is 1.43 bits per heavy atom. The lowest BCUT2D eigenvalue weighted by molar-refractivity contribution is -0.385. The first-order valence-corrected chi connectivity index (χ1v) is 8.27. The summed E-state index contributed by atoms with van der Waals surface area (Å²) in [5.41, 5.74) is -0.171. The van der Waals surface area contributed by atoms with Crippen molar-refractivity contribution in [2.75, 3.05) is 11.9 Å². The molecule has 0 saturated carbocycles. The van der Waals surface area contributed by atoms with Gasteiger partial charge < -0.3 is 4.90 Å². The van der Waals surface area contributed by atoms with E-state index in [0.29, 0.717) is 11.9 Å². The fourth-order valence-corrected chi connectivity index (χ4v) is 2.81. The van der Waals surface area contributed by atoms with Crippen LogP contribution < -0.4 is 0 Å². The number of benzene rings is 1. The van der Waals surface area contributed by atoms with Crippen molar-refractivity contribution in [3.8, 4) is 0 Å². The van der Waals surface area contributed by atoms with Crippen molar-refractivity contribution in [3.63, 3.8) is 0 Å². The highest BCUT2D eigenvalue weighted by Crippen LogP contribution is 2.26. The minimum atomic E-state index is -0.571. The van der Waals surface area contributed by atoms with Gasteiger partial charge in [-0.3, -0.25) is 14.9 Å². The molecule has 0 aliphatic rings. The largest absolute Gasteiger partial charge is 0.335 e. The van der Waals surface area contributed by atoms with Crippen LogP contribution in [0.5, 0.6) is 0 Å². The van der Waals surface area contributed by atoms with E-state index in [4.69, 9.17) is 11.6 Å². The molecule has 7 heteroatoms. The van der Waals surface area contributed by atoms with E-state index in [-0.39, 0.29) is 28.2 Å². The predicted molar refractivity (Wildman–Crippen MR) is 87.3 cm³/mol. The number of carbonyl (C=O) groups excluding carboxylic acids is 1. The third-order valence-corrected chi connectivity index (χ3v) is 3.95. The third-order valence-electron chi connectivity index (χ3n) is 3.36. The van der Waals surface area contributed by atoms with Crippen LogP contribution in [0, 0.1) is 10.1 Å². The number of alkyl halides is 1. The summed E-state index contributed by atoms with van der Waals surface area (Å²) in [6, 6.07) is 4.20. The van der Waals surface area contributed by atoms with Crippen molar-refractivity contribution in [2.45, 2.75) is 32.7 Å². The van der Waals surface area contributed by atoms with Crippen LogP contribution in [0.25, 0.3) is 0 Å². The molecular weight excluding hydrogens is 360 g/mol. The van der Waals surface area contributed by atoms with Crippen molar-refractivity contribution in [3.05, 3.63) is 38.9 Å². The molecule has 0 aromatic heterocycles. The monoisotopic (exact) mass is 376 g/mol. The molecule has 1 rings (SSSR count). The molecule has 0 aliphatic carbocycles. The van der Waals surface area contributed by atoms with E-state index in [1.165, 1.54) is 18.2 Å². The first-order valence-electron chi connectivity index (χ1n) is 6.77. The normalized spacial score (nSPS) is 10.7. The average molecular weight is 378 g/mol. The minimum absolute atomic E-state index is 0.0605. The molecule has 5 nitrogen and oxygen atoms in total. The molecule has 0 N–H and O–H groups in total. The fraction of sp³-hybridized carbons (Fsp3) is 0.500. The van der Waals surface area contributed by atoms with Gasteiger partial charge in [0.25, 0.3) is 11.6 Å². The number of nitrogens with zero attached hydrogens (tertiary/aromatic N) is 2. The Bertz CT molecular complexity index is 521. The molecule has 116 valence electrons. The van der Waals surface area contributed by atoms with E-state index in [1.54, 1.807) is 4.90 Å². The van der Waals surface area contributed by atoms with Gasteiger partial charge in [0.1, 0.15) is 5.56 Å². The van der Waals surface area contributed by atoms with Crippen molar-refractivity contribution >= 4 is 39.1 Å². The molecule has 0 atom stereocenters. The molecule has 0 radical (unpaired) electrons. The Kier molecular flexibility index (Phi) is 7.11. The summed E-state index contributed by atoms with van der Waals surface area (Å²) < 4.78 is 0. The van der Waals surface area contributed by atoms with Gasteiger partial charge in [-0.05, 0) is 25.0 Å². The summed E-state index contributed by atoms with van der Waals surface area (Å²) >= 11 is 9.11. The highest BCUT2D eigenvalue weighted by Gasteiger charge is 2.28. The first-order chi connectivity index (χ1) is 9.96. The molecule has 0 bridgehead atoms. The molecule has 0 aliphatic heterocycles. The van der Waals surface area contributed by atoms with Crippen LogP contribution in [0.2, 0.25) is 5.02 Å². The second kappa shape index (κ2) is 8.34. The van der Waals surface area contributed by atoms with E-state index < -0.39 is 4.92 Å². The standard InChI is InChI=1S/C14H18BrClN2O3/c1-3-11(4-2)17(8-7-15)14(19)12-6-5-10(16)9-13(12)18(20)21/h5-6,9,11H,3-4,7-8H2,1-2H3. The SMILES string of the molecule is CCC(CC)N(CCBr)C(=O)c1ccc(Cl)cc1[N+](=O)[O-]. The van der Waals surface area contributed by atoms with Crippen LogP contribution >= 0.6 is 27.5 Å². The summed E-state index contributed by atoms with van der Waals surface area (Å²) in [5.74, 6) is -0.327. The number of halogens is 2. The van der Waals surface area contributed by atoms with Gasteiger partial charge >= 0.3 is 0 Å². The number of rotatable bonds is 7. The van der Waals surface area contributed by atoms with Crippen LogP contribution in [0.15, 0.2) is 18.2 Å². The zero-order chi connectivity index (χ0) is 16.0. The van der Waals surface area contributed by atoms with Crippen LogP contribution in [0.4, 0.5) is 5.69 Å². The highest BCUT2D eigenvalue weighted by atomic mass is 79.9. The Morgan fingerprint density at radius 2 is 2.05 bits per heavy atom. The Hall–Kier alpha value is -1.14. The summed E-state index contributed by atoms with van der Waals surface area (Å²) in [5, 5.41) is 12.0. The quantitative estimate of drug-likeness (QED) is 0.405. The average Bonchev–Trinajstić information content (AvgIpc) is 2.46. The number of nitro benzene ring substituents is 1. The van der Waals surface area contributed by atoms with E-state index in [1.807, 2.05) is 13.8 Å². The number of hydrogen-bond donors (Lipinski definition) is 0. The van der Waals surface area contributed by atoms with Gasteiger partial charge in [0.15, 0.2) is 0 Å². The Balaban J connectivity index is 3.23. The van der Waals surface area contributed by atoms with Crippen LogP contribution in [-0.4, -0.2) is 33.6 Å². The van der Waals surface area contributed by atoms with Gasteiger partial charge in [0, 0.05) is 29.0 Å². The molecule has 0 spiro atoms. The van der Waals surface area contributed by atoms with E-state index >= 15 is 0 Å². The molecule has 0 unspecified atom stereocenters. The molecule has 0 fully saturated rings. The van der Waals surface area contributed by atoms with E-state index in [9.17, 15) is 14.9 Å². The zero-order valence-electron chi connectivity index (χ0n) is 12.0. The highest BCUT2D eigenvalue weighted by molar-refractivity contribution is 9.09. The van der Waals surface area contributed by atoms with Crippen molar-refractivity contribution in [1.82, 2.24) is 4.90 Å². The fourth-order valence-electron chi connectivity index (χ4n) is 2.26. The van der Waals surface area contributed by atoms with Gasteiger partial charge in [0.05, 0.1) is 4.92 Å². The van der Waals surface area contributed by atoms with Crippen molar-refractivity contribution in [2.24, 2.45) is 0 Å². The van der Waals surface area contributed by atoms with Crippen molar-refractivity contribution in [1.29, 1.82) is 0 Å². The molecule has 21 heavy (non-hydrogen) atoms. The van der Waals surface area contributed by atoms with Gasteiger partial charge in [-0.25, -0.2) is 0 Å². The number of amides is 1. The Labute approximate surface area is 137 Å².